The predicted octanol–water partition coefficient (Wildman–Crippen LogP) is 2.34. The molecule has 9 heteroatoms. The molecular weight excluding hydrogens is 387 g/mol. The van der Waals surface area contributed by atoms with Gasteiger partial charge >= 0.3 is 0 Å². The Balaban J connectivity index is 0.00000169. The molecule has 2 saturated heterocycles. The third-order valence-corrected chi connectivity index (χ3v) is 4.47. The molecule has 0 aromatic heterocycles. The maximum absolute atomic E-state index is 13.1. The standard InChI is InChI=1S/C17H23F2N3O2.2ClH/c18-17(19)11-15(20-12-17)16(23)21-14-3-1-13(2-4-14)5-6-22-7-9-24-10-8-22;;/h1-4,15,20H,5-12H2,(H,21,23);2*1H. The van der Waals surface area contributed by atoms with Crippen molar-refractivity contribution in [2.75, 3.05) is 44.7 Å². The lowest BCUT2D eigenvalue weighted by Crippen LogP contribution is -2.37. The van der Waals surface area contributed by atoms with Crippen molar-refractivity contribution in [3.63, 3.8) is 0 Å². The zero-order chi connectivity index (χ0) is 17.0. The van der Waals surface area contributed by atoms with E-state index in [2.05, 4.69) is 15.5 Å². The molecule has 0 bridgehead atoms. The van der Waals surface area contributed by atoms with Gasteiger partial charge in [-0.3, -0.25) is 15.0 Å². The van der Waals surface area contributed by atoms with Gasteiger partial charge in [-0.2, -0.15) is 0 Å². The molecule has 26 heavy (non-hydrogen) atoms. The third-order valence-electron chi connectivity index (χ3n) is 4.47. The number of amides is 1. The average Bonchev–Trinajstić information content (AvgIpc) is 2.95. The molecule has 2 N–H and O–H groups in total. The number of rotatable bonds is 5. The minimum Gasteiger partial charge on any atom is -0.379 e. The first-order chi connectivity index (χ1) is 11.5. The maximum Gasteiger partial charge on any atom is 0.262 e. The number of hydrogen-bond acceptors (Lipinski definition) is 4. The highest BCUT2D eigenvalue weighted by Gasteiger charge is 2.42. The van der Waals surface area contributed by atoms with E-state index in [0.717, 1.165) is 39.3 Å². The van der Waals surface area contributed by atoms with Gasteiger partial charge in [-0.25, -0.2) is 8.78 Å². The highest BCUT2D eigenvalue weighted by molar-refractivity contribution is 5.95. The largest absolute Gasteiger partial charge is 0.379 e. The molecule has 0 aliphatic carbocycles. The molecule has 5 nitrogen and oxygen atoms in total. The van der Waals surface area contributed by atoms with Crippen LogP contribution < -0.4 is 10.6 Å². The Morgan fingerprint density at radius 3 is 2.46 bits per heavy atom. The maximum atomic E-state index is 13.1. The van der Waals surface area contributed by atoms with Crippen molar-refractivity contribution in [1.82, 2.24) is 10.2 Å². The first kappa shape index (κ1) is 23.0. The second-order valence-corrected chi connectivity index (χ2v) is 6.38. The van der Waals surface area contributed by atoms with Gasteiger partial charge < -0.3 is 10.1 Å². The normalized spacial score (nSPS) is 22.2. The van der Waals surface area contributed by atoms with Crippen molar-refractivity contribution in [2.45, 2.75) is 24.8 Å². The molecule has 1 aromatic rings. The van der Waals surface area contributed by atoms with E-state index in [9.17, 15) is 13.6 Å². The van der Waals surface area contributed by atoms with Crippen LogP contribution in [0.4, 0.5) is 14.5 Å². The molecule has 3 rings (SSSR count). The number of hydrogen-bond donors (Lipinski definition) is 2. The van der Waals surface area contributed by atoms with Crippen molar-refractivity contribution in [3.8, 4) is 0 Å². The Hall–Kier alpha value is -0.990. The number of nitrogens with zero attached hydrogens (tertiary/aromatic N) is 1. The summed E-state index contributed by atoms with van der Waals surface area (Å²) < 4.78 is 31.6. The summed E-state index contributed by atoms with van der Waals surface area (Å²) in [4.78, 5) is 14.4. The molecule has 2 aliphatic heterocycles. The van der Waals surface area contributed by atoms with Crippen molar-refractivity contribution in [2.24, 2.45) is 0 Å². The number of carbonyl (C=O) groups excluding carboxylic acids is 1. The van der Waals surface area contributed by atoms with E-state index in [4.69, 9.17) is 4.74 Å². The quantitative estimate of drug-likeness (QED) is 0.780. The van der Waals surface area contributed by atoms with Crippen molar-refractivity contribution in [3.05, 3.63) is 29.8 Å². The third kappa shape index (κ3) is 6.63. The highest BCUT2D eigenvalue weighted by atomic mass is 35.5. The second-order valence-electron chi connectivity index (χ2n) is 6.38. The van der Waals surface area contributed by atoms with Gasteiger partial charge in [0, 0.05) is 31.7 Å². The van der Waals surface area contributed by atoms with E-state index in [0.29, 0.717) is 5.69 Å². The number of alkyl halides is 2. The van der Waals surface area contributed by atoms with Crippen LogP contribution in [0.5, 0.6) is 0 Å². The average molecular weight is 412 g/mol. The Kier molecular flexibility index (Phi) is 9.19. The SMILES string of the molecule is Cl.Cl.O=C(Nc1ccc(CCN2CCOCC2)cc1)C1CC(F)(F)CN1. The summed E-state index contributed by atoms with van der Waals surface area (Å²) in [6.45, 7) is 4.06. The molecule has 0 spiro atoms. The Morgan fingerprint density at radius 2 is 1.88 bits per heavy atom. The summed E-state index contributed by atoms with van der Waals surface area (Å²) >= 11 is 0. The summed E-state index contributed by atoms with van der Waals surface area (Å²) in [5.41, 5.74) is 1.82. The fraction of sp³-hybridized carbons (Fsp3) is 0.588. The van der Waals surface area contributed by atoms with Gasteiger partial charge in [0.05, 0.1) is 25.8 Å². The molecule has 1 unspecified atom stereocenters. The van der Waals surface area contributed by atoms with Crippen LogP contribution in [0.25, 0.3) is 0 Å². The fourth-order valence-electron chi connectivity index (χ4n) is 3.00. The smallest absolute Gasteiger partial charge is 0.262 e. The predicted molar refractivity (Wildman–Crippen MR) is 102 cm³/mol. The molecule has 1 aromatic carbocycles. The lowest BCUT2D eigenvalue weighted by atomic mass is 10.1. The molecule has 0 radical (unpaired) electrons. The molecule has 2 heterocycles. The zero-order valence-corrected chi connectivity index (χ0v) is 16.0. The van der Waals surface area contributed by atoms with Crippen molar-refractivity contribution in [1.29, 1.82) is 0 Å². The summed E-state index contributed by atoms with van der Waals surface area (Å²) in [7, 11) is 0. The molecule has 1 amide bonds. The fourth-order valence-corrected chi connectivity index (χ4v) is 3.00. The van der Waals surface area contributed by atoms with Crippen molar-refractivity contribution < 1.29 is 18.3 Å². The molecular formula is C17H25Cl2F2N3O2. The van der Waals surface area contributed by atoms with Gasteiger partial charge in [0.25, 0.3) is 5.92 Å². The molecule has 2 aliphatic rings. The van der Waals surface area contributed by atoms with E-state index in [1.165, 1.54) is 5.56 Å². The summed E-state index contributed by atoms with van der Waals surface area (Å²) in [6, 6.07) is 6.74. The Labute approximate surface area is 164 Å². The first-order valence-corrected chi connectivity index (χ1v) is 8.33. The number of anilines is 1. The number of morpholine rings is 1. The van der Waals surface area contributed by atoms with E-state index in [1.54, 1.807) is 0 Å². The monoisotopic (exact) mass is 411 g/mol. The number of carbonyl (C=O) groups is 1. The van der Waals surface area contributed by atoms with Gasteiger partial charge in [0.2, 0.25) is 5.91 Å². The number of benzene rings is 1. The minimum absolute atomic E-state index is 0. The van der Waals surface area contributed by atoms with Gasteiger partial charge in [0.1, 0.15) is 0 Å². The van der Waals surface area contributed by atoms with Crippen LogP contribution in [-0.4, -0.2) is 62.2 Å². The Morgan fingerprint density at radius 1 is 1.23 bits per heavy atom. The lowest BCUT2D eigenvalue weighted by molar-refractivity contribution is -0.118. The van der Waals surface area contributed by atoms with Crippen LogP contribution >= 0.6 is 24.8 Å². The van der Waals surface area contributed by atoms with E-state index in [1.807, 2.05) is 24.3 Å². The molecule has 2 fully saturated rings. The summed E-state index contributed by atoms with van der Waals surface area (Å²) in [5, 5.41) is 5.25. The highest BCUT2D eigenvalue weighted by Crippen LogP contribution is 2.25. The molecule has 1 atom stereocenters. The number of halogens is 4. The Bertz CT molecular complexity index is 570. The number of nitrogens with one attached hydrogen (secondary N) is 2. The second kappa shape index (κ2) is 10.4. The van der Waals surface area contributed by atoms with Crippen LogP contribution in [0.2, 0.25) is 0 Å². The topological polar surface area (TPSA) is 53.6 Å². The van der Waals surface area contributed by atoms with Gasteiger partial charge in [-0.05, 0) is 24.1 Å². The summed E-state index contributed by atoms with van der Waals surface area (Å²) in [6.07, 6.45) is 0.487. The van der Waals surface area contributed by atoms with Crippen LogP contribution in [0, 0.1) is 0 Å². The van der Waals surface area contributed by atoms with Crippen molar-refractivity contribution >= 4 is 36.4 Å². The lowest BCUT2D eigenvalue weighted by Gasteiger charge is -2.26. The van der Waals surface area contributed by atoms with Crippen LogP contribution in [0.15, 0.2) is 24.3 Å². The van der Waals surface area contributed by atoms with E-state index in [-0.39, 0.29) is 24.8 Å². The first-order valence-electron chi connectivity index (χ1n) is 8.33. The van der Waals surface area contributed by atoms with E-state index < -0.39 is 30.8 Å². The van der Waals surface area contributed by atoms with Gasteiger partial charge in [0.15, 0.2) is 0 Å². The number of ether oxygens (including phenoxy) is 1. The van der Waals surface area contributed by atoms with Gasteiger partial charge in [-0.1, -0.05) is 12.1 Å². The van der Waals surface area contributed by atoms with Crippen LogP contribution in [-0.2, 0) is 16.0 Å². The molecule has 0 saturated carbocycles. The van der Waals surface area contributed by atoms with Crippen LogP contribution in [0.3, 0.4) is 0 Å². The van der Waals surface area contributed by atoms with Crippen LogP contribution in [0.1, 0.15) is 12.0 Å². The summed E-state index contributed by atoms with van der Waals surface area (Å²) in [5.74, 6) is -3.21. The minimum atomic E-state index is -2.80. The zero-order valence-electron chi connectivity index (χ0n) is 14.4. The van der Waals surface area contributed by atoms with Gasteiger partial charge in [-0.15, -0.1) is 24.8 Å². The molecule has 148 valence electrons. The van der Waals surface area contributed by atoms with E-state index >= 15 is 0 Å².